The fourth-order valence-electron chi connectivity index (χ4n) is 5.21. The van der Waals surface area contributed by atoms with E-state index in [0.717, 1.165) is 28.7 Å². The second-order valence-corrected chi connectivity index (χ2v) is 10.4. The Morgan fingerprint density at radius 2 is 0.829 bits per heavy atom. The maximum Gasteiger partial charge on any atom is 0.115 e. The van der Waals surface area contributed by atoms with Crippen LogP contribution in [0.25, 0.3) is 0 Å². The molecule has 1 aliphatic heterocycles. The van der Waals surface area contributed by atoms with Gasteiger partial charge in [0, 0.05) is 0 Å². The van der Waals surface area contributed by atoms with E-state index in [1.807, 2.05) is 72.8 Å². The van der Waals surface area contributed by atoms with Crippen molar-refractivity contribution in [1.29, 1.82) is 0 Å². The summed E-state index contributed by atoms with van der Waals surface area (Å²) in [5.41, 5.74) is 4.43. The molecule has 214 valence electrons. The number of hydrogen-bond donors (Lipinski definition) is 0. The average Bonchev–Trinajstić information content (AvgIpc) is 3.04. The zero-order chi connectivity index (χ0) is 28.1. The molecule has 5 rings (SSSR count). The van der Waals surface area contributed by atoms with E-state index >= 15 is 0 Å². The highest BCUT2D eigenvalue weighted by Gasteiger charge is 2.47. The first-order valence-electron chi connectivity index (χ1n) is 14.5. The molecule has 1 fully saturated rings. The molecule has 4 aromatic rings. The molecule has 0 aliphatic carbocycles. The molecule has 0 aromatic heterocycles. The molecule has 0 unspecified atom stereocenters. The van der Waals surface area contributed by atoms with E-state index in [4.69, 9.17) is 23.7 Å². The highest BCUT2D eigenvalue weighted by atomic mass is 16.6. The Kier molecular flexibility index (Phi) is 11.1. The monoisotopic (exact) mass is 552 g/mol. The highest BCUT2D eigenvalue weighted by Crippen LogP contribution is 2.32. The summed E-state index contributed by atoms with van der Waals surface area (Å²) in [5.74, 6) is 0. The fourth-order valence-corrected chi connectivity index (χ4v) is 5.21. The van der Waals surface area contributed by atoms with Crippen molar-refractivity contribution in [3.05, 3.63) is 144 Å². The summed E-state index contributed by atoms with van der Waals surface area (Å²) in [6, 6.07) is 40.9. The second-order valence-electron chi connectivity index (χ2n) is 10.4. The lowest BCUT2D eigenvalue weighted by Crippen LogP contribution is -2.61. The summed E-state index contributed by atoms with van der Waals surface area (Å²) in [6.07, 6.45) is -0.753. The van der Waals surface area contributed by atoms with Crippen LogP contribution in [0.1, 0.15) is 35.6 Å². The molecule has 41 heavy (non-hydrogen) atoms. The maximum atomic E-state index is 6.71. The van der Waals surface area contributed by atoms with Gasteiger partial charge in [0.15, 0.2) is 0 Å². The zero-order valence-corrected chi connectivity index (χ0v) is 23.7. The number of benzene rings is 4. The molecule has 0 saturated carbocycles. The van der Waals surface area contributed by atoms with Crippen LogP contribution in [0.5, 0.6) is 0 Å². The van der Waals surface area contributed by atoms with Crippen molar-refractivity contribution in [1.82, 2.24) is 0 Å². The minimum Gasteiger partial charge on any atom is -0.374 e. The van der Waals surface area contributed by atoms with Gasteiger partial charge in [-0.25, -0.2) is 0 Å². The lowest BCUT2D eigenvalue weighted by Gasteiger charge is -2.46. The average molecular weight is 553 g/mol. The van der Waals surface area contributed by atoms with Crippen molar-refractivity contribution in [2.45, 2.75) is 70.3 Å². The van der Waals surface area contributed by atoms with Crippen LogP contribution < -0.4 is 0 Å². The maximum absolute atomic E-state index is 6.71. The Morgan fingerprint density at radius 1 is 0.463 bits per heavy atom. The summed E-state index contributed by atoms with van der Waals surface area (Å²) in [5, 5.41) is 0. The summed E-state index contributed by atoms with van der Waals surface area (Å²) >= 11 is 0. The molecule has 1 aliphatic rings. The highest BCUT2D eigenvalue weighted by molar-refractivity contribution is 5.16. The Balaban J connectivity index is 1.38. The minimum absolute atomic E-state index is 0.165. The summed E-state index contributed by atoms with van der Waals surface area (Å²) in [4.78, 5) is 0. The van der Waals surface area contributed by atoms with E-state index in [1.165, 1.54) is 0 Å². The summed E-state index contributed by atoms with van der Waals surface area (Å²) in [7, 11) is 0. The number of ether oxygens (including phenoxy) is 5. The van der Waals surface area contributed by atoms with Gasteiger partial charge in [0.05, 0.1) is 39.1 Å². The van der Waals surface area contributed by atoms with E-state index in [2.05, 4.69) is 55.5 Å². The molecule has 0 radical (unpaired) electrons. The van der Waals surface area contributed by atoms with Gasteiger partial charge in [0.2, 0.25) is 0 Å². The van der Waals surface area contributed by atoms with Crippen LogP contribution in [0.4, 0.5) is 0 Å². The molecule has 5 atom stereocenters. The van der Waals surface area contributed by atoms with Gasteiger partial charge in [-0.15, -0.1) is 0 Å². The van der Waals surface area contributed by atoms with Gasteiger partial charge < -0.3 is 23.7 Å². The van der Waals surface area contributed by atoms with E-state index in [1.54, 1.807) is 0 Å². The quantitative estimate of drug-likeness (QED) is 0.166. The van der Waals surface area contributed by atoms with Gasteiger partial charge in [0.25, 0.3) is 0 Å². The molecule has 1 heterocycles. The first-order valence-corrected chi connectivity index (χ1v) is 14.5. The summed E-state index contributed by atoms with van der Waals surface area (Å²) < 4.78 is 32.9. The molecule has 0 N–H and O–H groups in total. The Bertz CT molecular complexity index is 1250. The predicted octanol–water partition coefficient (Wildman–Crippen LogP) is 7.14. The van der Waals surface area contributed by atoms with Gasteiger partial charge >= 0.3 is 0 Å². The molecular weight excluding hydrogens is 512 g/mol. The van der Waals surface area contributed by atoms with Gasteiger partial charge in [0.1, 0.15) is 24.4 Å². The zero-order valence-electron chi connectivity index (χ0n) is 23.7. The van der Waals surface area contributed by atoms with Crippen molar-refractivity contribution >= 4 is 0 Å². The van der Waals surface area contributed by atoms with Crippen molar-refractivity contribution in [2.75, 3.05) is 6.61 Å². The van der Waals surface area contributed by atoms with E-state index in [0.29, 0.717) is 33.0 Å². The molecule has 5 heteroatoms. The molecule has 0 spiro atoms. The molecule has 0 amide bonds. The van der Waals surface area contributed by atoms with Crippen molar-refractivity contribution < 1.29 is 23.7 Å². The van der Waals surface area contributed by atoms with Gasteiger partial charge in [-0.3, -0.25) is 0 Å². The molecule has 1 saturated heterocycles. The second kappa shape index (κ2) is 15.6. The topological polar surface area (TPSA) is 46.2 Å². The van der Waals surface area contributed by atoms with Crippen LogP contribution >= 0.6 is 0 Å². The van der Waals surface area contributed by atoms with Crippen LogP contribution in [0.2, 0.25) is 0 Å². The third-order valence-corrected chi connectivity index (χ3v) is 7.38. The predicted molar refractivity (Wildman–Crippen MR) is 160 cm³/mol. The Hall–Kier alpha value is -3.32. The molecule has 4 aromatic carbocycles. The van der Waals surface area contributed by atoms with Crippen LogP contribution in [-0.2, 0) is 50.1 Å². The van der Waals surface area contributed by atoms with Gasteiger partial charge in [-0.1, -0.05) is 128 Å². The first-order chi connectivity index (χ1) is 20.3. The molecule has 5 nitrogen and oxygen atoms in total. The van der Waals surface area contributed by atoms with Crippen LogP contribution in [0.15, 0.2) is 121 Å². The van der Waals surface area contributed by atoms with Crippen LogP contribution in [-0.4, -0.2) is 37.1 Å². The lowest BCUT2D eigenvalue weighted by atomic mass is 9.92. The van der Waals surface area contributed by atoms with E-state index < -0.39 is 6.10 Å². The summed E-state index contributed by atoms with van der Waals surface area (Å²) in [6.45, 7) is 4.39. The lowest BCUT2D eigenvalue weighted by molar-refractivity contribution is -0.272. The Morgan fingerprint density at radius 3 is 1.24 bits per heavy atom. The first kappa shape index (κ1) is 29.2. The number of rotatable bonds is 14. The van der Waals surface area contributed by atoms with Crippen molar-refractivity contribution in [2.24, 2.45) is 0 Å². The largest absolute Gasteiger partial charge is 0.374 e. The smallest absolute Gasteiger partial charge is 0.115 e. The van der Waals surface area contributed by atoms with Crippen molar-refractivity contribution in [3.8, 4) is 0 Å². The minimum atomic E-state index is -0.390. The van der Waals surface area contributed by atoms with Gasteiger partial charge in [-0.05, 0) is 28.7 Å². The Labute approximate surface area is 244 Å². The standard InChI is InChI=1S/C36H40O5/c1-2-32-34(38-24-29-17-9-4-10-18-29)36(40-26-31-21-13-6-14-22-31)35(39-25-30-19-11-5-12-20-30)33(41-32)27-37-23-28-15-7-3-8-16-28/h3-22,32-36H,2,23-27H2,1H3/t32-,33+,34-,35-,36+/m1/s1. The SMILES string of the molecule is CC[C@H]1O[C@@H](COCc2ccccc2)[C@@H](OCc2ccccc2)[C@@H](OCc2ccccc2)[C@@H]1OCc1ccccc1. The number of hydrogen-bond acceptors (Lipinski definition) is 5. The van der Waals surface area contributed by atoms with Crippen LogP contribution in [0, 0.1) is 0 Å². The fraction of sp³-hybridized carbons (Fsp3) is 0.333. The third-order valence-electron chi connectivity index (χ3n) is 7.38. The van der Waals surface area contributed by atoms with Crippen LogP contribution in [0.3, 0.4) is 0 Å². The normalized spacial score (nSPS) is 22.4. The van der Waals surface area contributed by atoms with E-state index in [9.17, 15) is 0 Å². The third kappa shape index (κ3) is 8.59. The molecular formula is C36H40O5. The van der Waals surface area contributed by atoms with Crippen molar-refractivity contribution in [3.63, 3.8) is 0 Å². The van der Waals surface area contributed by atoms with Gasteiger partial charge in [-0.2, -0.15) is 0 Å². The van der Waals surface area contributed by atoms with E-state index in [-0.39, 0.29) is 24.4 Å². The molecule has 0 bridgehead atoms.